The summed E-state index contributed by atoms with van der Waals surface area (Å²) in [7, 11) is 0. The Morgan fingerprint density at radius 2 is 1.14 bits per heavy atom. The van der Waals surface area contributed by atoms with Crippen LogP contribution in [0.15, 0.2) is 218 Å². The first kappa shape index (κ1) is 36.0. The summed E-state index contributed by atoms with van der Waals surface area (Å²) in [6.45, 7) is 0. The van der Waals surface area contributed by atoms with Gasteiger partial charge in [-0.3, -0.25) is 0 Å². The van der Waals surface area contributed by atoms with Crippen LogP contribution in [0.3, 0.4) is 0 Å². The summed E-state index contributed by atoms with van der Waals surface area (Å²) in [4.78, 5) is 0. The highest BCUT2D eigenvalue weighted by atomic mass is 15.0. The van der Waals surface area contributed by atoms with Gasteiger partial charge in [-0.15, -0.1) is 0 Å². The first-order valence-electron chi connectivity index (χ1n) is 22.4. The molecule has 0 N–H and O–H groups in total. The number of fused-ring (bicyclic) bond motifs is 9. The van der Waals surface area contributed by atoms with E-state index in [0.717, 1.165) is 24.9 Å². The van der Waals surface area contributed by atoms with E-state index < -0.39 is 5.41 Å². The zero-order valence-corrected chi connectivity index (χ0v) is 35.0. The maximum Gasteiger partial charge on any atom is 0.0713 e. The van der Waals surface area contributed by atoms with Crippen LogP contribution in [-0.4, -0.2) is 9.13 Å². The average molecular weight is 805 g/mol. The third kappa shape index (κ3) is 5.38. The maximum absolute atomic E-state index is 2.63. The van der Waals surface area contributed by atoms with E-state index in [4.69, 9.17) is 0 Å². The fraction of sp³-hybridized carbons (Fsp3) is 0.0820. The molecule has 63 heavy (non-hydrogen) atoms. The van der Waals surface area contributed by atoms with E-state index in [1.165, 1.54) is 99.6 Å². The molecule has 3 aliphatic carbocycles. The molecule has 0 saturated heterocycles. The molecule has 0 spiro atoms. The summed E-state index contributed by atoms with van der Waals surface area (Å²) in [5, 5.41) is 3.84. The van der Waals surface area contributed by atoms with Gasteiger partial charge in [0, 0.05) is 38.6 Å². The van der Waals surface area contributed by atoms with Crippen molar-refractivity contribution >= 4 is 44.4 Å². The number of para-hydroxylation sites is 1. The molecule has 2 nitrogen and oxygen atoms in total. The van der Waals surface area contributed by atoms with Crippen molar-refractivity contribution in [2.45, 2.75) is 30.7 Å². The predicted octanol–water partition coefficient (Wildman–Crippen LogP) is 15.3. The Kier molecular flexibility index (Phi) is 8.11. The highest BCUT2D eigenvalue weighted by molar-refractivity contribution is 6.11. The van der Waals surface area contributed by atoms with Gasteiger partial charge in [-0.05, 0) is 117 Å². The van der Waals surface area contributed by atoms with Crippen LogP contribution < -0.4 is 0 Å². The number of rotatable bonds is 6. The number of benzene rings is 8. The molecule has 3 aliphatic rings. The molecule has 2 heterocycles. The number of allylic oxidation sites excluding steroid dienone is 5. The largest absolute Gasteiger partial charge is 0.337 e. The molecule has 0 amide bonds. The van der Waals surface area contributed by atoms with Crippen molar-refractivity contribution in [3.63, 3.8) is 0 Å². The monoisotopic (exact) mass is 804 g/mol. The first-order chi connectivity index (χ1) is 31.3. The number of hydrogen-bond donors (Lipinski definition) is 0. The molecule has 0 aliphatic heterocycles. The van der Waals surface area contributed by atoms with Crippen molar-refractivity contribution in [2.75, 3.05) is 0 Å². The van der Waals surface area contributed by atoms with Gasteiger partial charge in [-0.25, -0.2) is 0 Å². The summed E-state index contributed by atoms with van der Waals surface area (Å²) < 4.78 is 5.10. The van der Waals surface area contributed by atoms with Crippen LogP contribution in [0.25, 0.3) is 72.3 Å². The molecule has 0 saturated carbocycles. The molecule has 1 unspecified atom stereocenters. The Bertz CT molecular complexity index is 3480. The van der Waals surface area contributed by atoms with Crippen LogP contribution in [0.5, 0.6) is 0 Å². The van der Waals surface area contributed by atoms with Crippen molar-refractivity contribution in [1.82, 2.24) is 9.13 Å². The van der Waals surface area contributed by atoms with E-state index in [0.29, 0.717) is 0 Å². The first-order valence-corrected chi connectivity index (χ1v) is 22.4. The molecule has 0 fully saturated rings. The molecule has 13 rings (SSSR count). The van der Waals surface area contributed by atoms with Gasteiger partial charge in [0.15, 0.2) is 0 Å². The molecule has 10 aromatic rings. The number of nitrogens with zero attached hydrogens (tertiary/aromatic N) is 2. The van der Waals surface area contributed by atoms with E-state index in [1.807, 2.05) is 0 Å². The molecule has 1 atom stereocenters. The lowest BCUT2D eigenvalue weighted by Crippen LogP contribution is -2.28. The van der Waals surface area contributed by atoms with E-state index in [9.17, 15) is 0 Å². The van der Waals surface area contributed by atoms with Gasteiger partial charge in [-0.2, -0.15) is 0 Å². The summed E-state index contributed by atoms with van der Waals surface area (Å²) in [6.07, 6.45) is 15.0. The van der Waals surface area contributed by atoms with E-state index in [2.05, 4.69) is 234 Å². The third-order valence-corrected chi connectivity index (χ3v) is 14.2. The quantitative estimate of drug-likeness (QED) is 0.158. The van der Waals surface area contributed by atoms with Gasteiger partial charge >= 0.3 is 0 Å². The highest BCUT2D eigenvalue weighted by Gasteiger charge is 2.46. The van der Waals surface area contributed by atoms with Gasteiger partial charge in [0.2, 0.25) is 0 Å². The van der Waals surface area contributed by atoms with Gasteiger partial charge in [-0.1, -0.05) is 182 Å². The molecule has 8 aromatic carbocycles. The van der Waals surface area contributed by atoms with Crippen molar-refractivity contribution in [3.8, 4) is 27.9 Å². The normalized spacial score (nSPS) is 16.0. The van der Waals surface area contributed by atoms with E-state index in [-0.39, 0.29) is 6.04 Å². The fourth-order valence-electron chi connectivity index (χ4n) is 11.5. The standard InChI is InChI=1S/C61H44N2/c1-4-16-41(17-5-1)42-28-33-48(34-29-42)62-57-27-15-12-24-51(57)53-38-43(31-36-58(53)62)44-30-35-52-54-40-46(32-37-59(54)63(60(52)39-44)47-20-8-3-9-21-47)61(45-18-6-2-7-19-45)55-25-13-10-22-49(55)50-23-11-14-26-56(50)61/h1-14,16-26,28-33,35-40,48H,15,27,34H2. The van der Waals surface area contributed by atoms with E-state index in [1.54, 1.807) is 0 Å². The van der Waals surface area contributed by atoms with Crippen molar-refractivity contribution in [1.29, 1.82) is 0 Å². The summed E-state index contributed by atoms with van der Waals surface area (Å²) in [5.74, 6) is 0. The second-order valence-corrected chi connectivity index (χ2v) is 17.4. The van der Waals surface area contributed by atoms with Gasteiger partial charge in [0.25, 0.3) is 0 Å². The lowest BCUT2D eigenvalue weighted by atomic mass is 9.67. The summed E-state index contributed by atoms with van der Waals surface area (Å²) in [5.41, 5.74) is 20.1. The highest BCUT2D eigenvalue weighted by Crippen LogP contribution is 2.56. The van der Waals surface area contributed by atoms with Crippen LogP contribution in [0.1, 0.15) is 58.0 Å². The second kappa shape index (κ2) is 14.2. The van der Waals surface area contributed by atoms with Crippen LogP contribution >= 0.6 is 0 Å². The van der Waals surface area contributed by atoms with Gasteiger partial charge < -0.3 is 9.13 Å². The predicted molar refractivity (Wildman–Crippen MR) is 264 cm³/mol. The zero-order chi connectivity index (χ0) is 41.5. The van der Waals surface area contributed by atoms with Gasteiger partial charge in [0.1, 0.15) is 0 Å². The maximum atomic E-state index is 2.63. The minimum Gasteiger partial charge on any atom is -0.337 e. The fourth-order valence-corrected chi connectivity index (χ4v) is 11.5. The Hall–Kier alpha value is -7.68. The summed E-state index contributed by atoms with van der Waals surface area (Å²) in [6, 6.07) is 72.7. The summed E-state index contributed by atoms with van der Waals surface area (Å²) >= 11 is 0. The Morgan fingerprint density at radius 3 is 1.89 bits per heavy atom. The smallest absolute Gasteiger partial charge is 0.0713 e. The lowest BCUT2D eigenvalue weighted by Gasteiger charge is -2.34. The zero-order valence-electron chi connectivity index (χ0n) is 35.0. The molecule has 0 bridgehead atoms. The van der Waals surface area contributed by atoms with Crippen molar-refractivity contribution < 1.29 is 0 Å². The second-order valence-electron chi connectivity index (χ2n) is 17.4. The van der Waals surface area contributed by atoms with Crippen LogP contribution in [0.4, 0.5) is 0 Å². The minimum atomic E-state index is -0.461. The average Bonchev–Trinajstić information content (AvgIpc) is 3.98. The van der Waals surface area contributed by atoms with Crippen LogP contribution in [0.2, 0.25) is 0 Å². The molecular formula is C61H44N2. The molecule has 0 radical (unpaired) electrons. The van der Waals surface area contributed by atoms with Crippen molar-refractivity contribution in [2.24, 2.45) is 0 Å². The van der Waals surface area contributed by atoms with Crippen LogP contribution in [-0.2, 0) is 11.8 Å². The molecular weight excluding hydrogens is 761 g/mol. The Labute approximate surface area is 368 Å². The molecule has 2 heteroatoms. The Balaban J connectivity index is 0.978. The SMILES string of the molecule is C1=Cc2c(n(C3C=CC(c4ccccc4)=CC3)c3ccc(-c4ccc5c6cc(C7(c8ccccc8)c8ccccc8-c8ccccc87)ccc6n(-c6ccccc6)c5c4)cc23)CC1. The lowest BCUT2D eigenvalue weighted by molar-refractivity contribution is 0.600. The molecule has 2 aromatic heterocycles. The number of hydrogen-bond acceptors (Lipinski definition) is 0. The number of aromatic nitrogens is 2. The minimum absolute atomic E-state index is 0.288. The van der Waals surface area contributed by atoms with E-state index >= 15 is 0 Å². The topological polar surface area (TPSA) is 9.86 Å². The Morgan fingerprint density at radius 1 is 0.476 bits per heavy atom. The van der Waals surface area contributed by atoms with Gasteiger partial charge in [0.05, 0.1) is 22.5 Å². The van der Waals surface area contributed by atoms with Crippen LogP contribution in [0, 0.1) is 0 Å². The third-order valence-electron chi connectivity index (χ3n) is 14.2. The van der Waals surface area contributed by atoms with Crippen molar-refractivity contribution in [3.05, 3.63) is 258 Å². The molecule has 298 valence electrons.